The van der Waals surface area contributed by atoms with Crippen LogP contribution in [0.1, 0.15) is 11.3 Å². The molecule has 0 aliphatic heterocycles. The first-order valence-corrected chi connectivity index (χ1v) is 3.25. The molecule has 0 saturated heterocycles. The summed E-state index contributed by atoms with van der Waals surface area (Å²) in [5.41, 5.74) is 1.40. The van der Waals surface area contributed by atoms with Gasteiger partial charge in [-0.05, 0) is 19.1 Å². The molecule has 0 unspecified atom stereocenters. The van der Waals surface area contributed by atoms with Crippen LogP contribution < -0.4 is 0 Å². The summed E-state index contributed by atoms with van der Waals surface area (Å²) in [6.07, 6.45) is 1.69. The molecule has 4 heteroatoms. The smallest absolute Gasteiger partial charge is 0.192 e. The molecule has 1 aromatic rings. The van der Waals surface area contributed by atoms with Crippen LogP contribution in [0.2, 0.25) is 0 Å². The van der Waals surface area contributed by atoms with Crippen molar-refractivity contribution in [3.05, 3.63) is 17.5 Å². The topological polar surface area (TPSA) is 38.0 Å². The average Bonchev–Trinajstić information content (AvgIpc) is 2.10. The minimum atomic E-state index is -0.0920. The molecule has 0 saturated carbocycles. The number of aliphatic hydroxyl groups excluding tert-OH is 1. The summed E-state index contributed by atoms with van der Waals surface area (Å²) in [7, 11) is 1.79. The van der Waals surface area contributed by atoms with Crippen molar-refractivity contribution in [2.24, 2.45) is 7.05 Å². The molecule has 0 aliphatic carbocycles. The third-order valence-corrected chi connectivity index (χ3v) is 1.46. The number of nitrogens with zero attached hydrogens (tertiary/aromatic N) is 2. The number of hydrogen-bond acceptors (Lipinski definition) is 2. The monoisotopic (exact) mass is 156 g/mol. The Kier molecular flexibility index (Phi) is 1.72. The van der Waals surface area contributed by atoms with Gasteiger partial charge in [-0.3, -0.25) is 4.68 Å². The van der Waals surface area contributed by atoms with Crippen molar-refractivity contribution < 1.29 is 5.11 Å². The standard InChI is InChI=1S/C6H8N2OS/c1-4-5(6(9)10)3-8(2)7-4/h3H,1-2H3,(H,9,10). The number of rotatable bonds is 1. The van der Waals surface area contributed by atoms with E-state index in [4.69, 9.17) is 5.11 Å². The molecule has 0 aliphatic rings. The first kappa shape index (κ1) is 7.21. The second kappa shape index (κ2) is 2.38. The fraction of sp³-hybridized carbons (Fsp3) is 0.333. The van der Waals surface area contributed by atoms with E-state index in [1.54, 1.807) is 24.9 Å². The molecule has 10 heavy (non-hydrogen) atoms. The summed E-state index contributed by atoms with van der Waals surface area (Å²) in [5, 5.41) is 12.8. The molecule has 0 amide bonds. The Hall–Kier alpha value is -0.900. The molecule has 0 bridgehead atoms. The van der Waals surface area contributed by atoms with Crippen molar-refractivity contribution >= 4 is 17.3 Å². The summed E-state index contributed by atoms with van der Waals surface area (Å²) >= 11 is 4.57. The molecule has 54 valence electrons. The fourth-order valence-electron chi connectivity index (χ4n) is 0.810. The minimum absolute atomic E-state index is 0.0920. The quantitative estimate of drug-likeness (QED) is 0.615. The molecular formula is C6H8N2OS. The highest BCUT2D eigenvalue weighted by Crippen LogP contribution is 2.04. The van der Waals surface area contributed by atoms with Crippen LogP contribution in [0, 0.1) is 6.92 Å². The highest BCUT2D eigenvalue weighted by atomic mass is 32.1. The van der Waals surface area contributed by atoms with Gasteiger partial charge in [-0.2, -0.15) is 5.10 Å². The third kappa shape index (κ3) is 1.16. The predicted molar refractivity (Wildman–Crippen MR) is 42.3 cm³/mol. The van der Waals surface area contributed by atoms with Crippen molar-refractivity contribution in [3.63, 3.8) is 0 Å². The van der Waals surface area contributed by atoms with Gasteiger partial charge in [-0.1, -0.05) is 0 Å². The minimum Gasteiger partial charge on any atom is -0.498 e. The van der Waals surface area contributed by atoms with Gasteiger partial charge >= 0.3 is 0 Å². The van der Waals surface area contributed by atoms with Gasteiger partial charge in [-0.25, -0.2) is 0 Å². The molecule has 1 rings (SSSR count). The van der Waals surface area contributed by atoms with Gasteiger partial charge in [0.2, 0.25) is 0 Å². The molecular weight excluding hydrogens is 148 g/mol. The molecule has 0 radical (unpaired) electrons. The molecule has 1 aromatic heterocycles. The molecule has 0 atom stereocenters. The van der Waals surface area contributed by atoms with Crippen LogP contribution >= 0.6 is 12.2 Å². The number of thiocarbonyl (C=S) groups is 1. The number of aromatic nitrogens is 2. The second-order valence-electron chi connectivity index (χ2n) is 2.11. The Labute approximate surface area is 64.3 Å². The highest BCUT2D eigenvalue weighted by molar-refractivity contribution is 7.80. The van der Waals surface area contributed by atoms with Crippen molar-refractivity contribution in [1.82, 2.24) is 9.78 Å². The summed E-state index contributed by atoms with van der Waals surface area (Å²) in [5.74, 6) is 0. The van der Waals surface area contributed by atoms with Gasteiger partial charge in [0.25, 0.3) is 0 Å². The van der Waals surface area contributed by atoms with Crippen LogP contribution in [-0.4, -0.2) is 19.9 Å². The maximum absolute atomic E-state index is 8.90. The lowest BCUT2D eigenvalue weighted by atomic mass is 10.3. The number of aryl methyl sites for hydroxylation is 2. The van der Waals surface area contributed by atoms with Crippen molar-refractivity contribution in [1.29, 1.82) is 0 Å². The molecule has 1 heterocycles. The second-order valence-corrected chi connectivity index (χ2v) is 2.49. The molecule has 0 aromatic carbocycles. The summed E-state index contributed by atoms with van der Waals surface area (Å²) in [6, 6.07) is 0. The van der Waals surface area contributed by atoms with Crippen LogP contribution in [0.25, 0.3) is 0 Å². The maximum Gasteiger partial charge on any atom is 0.192 e. The lowest BCUT2D eigenvalue weighted by molar-refractivity contribution is 0.570. The van der Waals surface area contributed by atoms with Gasteiger partial charge in [0, 0.05) is 13.2 Å². The van der Waals surface area contributed by atoms with E-state index in [-0.39, 0.29) is 5.05 Å². The zero-order valence-corrected chi connectivity index (χ0v) is 6.64. The zero-order chi connectivity index (χ0) is 7.72. The van der Waals surface area contributed by atoms with Crippen LogP contribution in [0.5, 0.6) is 0 Å². The third-order valence-electron chi connectivity index (χ3n) is 1.24. The average molecular weight is 156 g/mol. The van der Waals surface area contributed by atoms with E-state index in [2.05, 4.69) is 17.3 Å². The number of hydrogen-bond donors (Lipinski definition) is 1. The van der Waals surface area contributed by atoms with Crippen molar-refractivity contribution in [2.45, 2.75) is 6.92 Å². The van der Waals surface area contributed by atoms with E-state index in [0.29, 0.717) is 5.56 Å². The first-order valence-electron chi connectivity index (χ1n) is 2.85. The van der Waals surface area contributed by atoms with Crippen molar-refractivity contribution in [2.75, 3.05) is 0 Å². The van der Waals surface area contributed by atoms with Crippen LogP contribution in [0.3, 0.4) is 0 Å². The number of aliphatic hydroxyl groups is 1. The van der Waals surface area contributed by atoms with Crippen LogP contribution in [-0.2, 0) is 7.05 Å². The molecule has 1 N–H and O–H groups in total. The lowest BCUT2D eigenvalue weighted by Gasteiger charge is -1.88. The molecule has 3 nitrogen and oxygen atoms in total. The zero-order valence-electron chi connectivity index (χ0n) is 5.83. The van der Waals surface area contributed by atoms with Crippen molar-refractivity contribution in [3.8, 4) is 0 Å². The summed E-state index contributed by atoms with van der Waals surface area (Å²) in [4.78, 5) is 0. The fourth-order valence-corrected chi connectivity index (χ4v) is 1.01. The lowest BCUT2D eigenvalue weighted by Crippen LogP contribution is -1.93. The normalized spacial score (nSPS) is 9.80. The Bertz CT molecular complexity index is 267. The van der Waals surface area contributed by atoms with Gasteiger partial charge in [-0.15, -0.1) is 0 Å². The maximum atomic E-state index is 8.90. The molecule has 0 spiro atoms. The van der Waals surface area contributed by atoms with Crippen LogP contribution in [0.4, 0.5) is 0 Å². The van der Waals surface area contributed by atoms with Gasteiger partial charge < -0.3 is 5.11 Å². The largest absolute Gasteiger partial charge is 0.498 e. The van der Waals surface area contributed by atoms with Gasteiger partial charge in [0.05, 0.1) is 11.3 Å². The summed E-state index contributed by atoms with van der Waals surface area (Å²) in [6.45, 7) is 1.80. The summed E-state index contributed by atoms with van der Waals surface area (Å²) < 4.78 is 1.62. The van der Waals surface area contributed by atoms with Gasteiger partial charge in [0.1, 0.15) is 0 Å². The van der Waals surface area contributed by atoms with E-state index in [0.717, 1.165) is 5.69 Å². The van der Waals surface area contributed by atoms with Crippen LogP contribution in [0.15, 0.2) is 6.20 Å². The van der Waals surface area contributed by atoms with E-state index in [1.165, 1.54) is 0 Å². The van der Waals surface area contributed by atoms with Gasteiger partial charge in [0.15, 0.2) is 5.05 Å². The Morgan fingerprint density at radius 3 is 2.60 bits per heavy atom. The Balaban J connectivity index is 3.15. The van der Waals surface area contributed by atoms with E-state index in [1.807, 2.05) is 0 Å². The first-order chi connectivity index (χ1) is 4.61. The highest BCUT2D eigenvalue weighted by Gasteiger charge is 2.05. The predicted octanol–water partition coefficient (Wildman–Crippen LogP) is 0.962. The van der Waals surface area contributed by atoms with E-state index < -0.39 is 0 Å². The Morgan fingerprint density at radius 1 is 1.80 bits per heavy atom. The molecule has 0 fully saturated rings. The van der Waals surface area contributed by atoms with E-state index >= 15 is 0 Å². The SMILES string of the molecule is Cc1nn(C)cc1C(O)=S. The van der Waals surface area contributed by atoms with E-state index in [9.17, 15) is 0 Å². The Morgan fingerprint density at radius 2 is 2.40 bits per heavy atom.